The normalized spacial score (nSPS) is 13.7. The summed E-state index contributed by atoms with van der Waals surface area (Å²) >= 11 is 0. The van der Waals surface area contributed by atoms with E-state index < -0.39 is 0 Å². The molecule has 4 heteroatoms. The second-order valence-corrected chi connectivity index (χ2v) is 8.79. The standard InChI is InChI=1S/C21H31N3O/c1-20(2,3)19(25)18(23-21(4,5)6)12-17-14-24(15-22-17)13-16-10-8-7-9-11-16/h7-11,14-15,18,23H,12-13H2,1-6H3. The molecule has 1 aromatic heterocycles. The van der Waals surface area contributed by atoms with Crippen LogP contribution in [0.2, 0.25) is 0 Å². The molecule has 0 aliphatic heterocycles. The minimum atomic E-state index is -0.379. The highest BCUT2D eigenvalue weighted by molar-refractivity contribution is 5.89. The Bertz CT molecular complexity index is 690. The van der Waals surface area contributed by atoms with Crippen molar-refractivity contribution in [1.29, 1.82) is 0 Å². The molecule has 0 spiro atoms. The number of imidazole rings is 1. The van der Waals surface area contributed by atoms with Gasteiger partial charge >= 0.3 is 0 Å². The van der Waals surface area contributed by atoms with Crippen molar-refractivity contribution >= 4 is 5.78 Å². The minimum absolute atomic E-state index is 0.127. The van der Waals surface area contributed by atoms with E-state index in [4.69, 9.17) is 0 Å². The van der Waals surface area contributed by atoms with Gasteiger partial charge in [-0.1, -0.05) is 51.1 Å². The van der Waals surface area contributed by atoms with Crippen molar-refractivity contribution in [2.45, 2.75) is 66.1 Å². The number of benzene rings is 1. The van der Waals surface area contributed by atoms with E-state index in [1.807, 2.05) is 51.5 Å². The summed E-state index contributed by atoms with van der Waals surface area (Å²) in [4.78, 5) is 17.4. The van der Waals surface area contributed by atoms with Crippen LogP contribution in [0.15, 0.2) is 42.9 Å². The van der Waals surface area contributed by atoms with Crippen molar-refractivity contribution in [3.8, 4) is 0 Å². The van der Waals surface area contributed by atoms with E-state index in [9.17, 15) is 4.79 Å². The van der Waals surface area contributed by atoms with E-state index in [0.29, 0.717) is 6.42 Å². The van der Waals surface area contributed by atoms with Crippen LogP contribution in [0.4, 0.5) is 0 Å². The van der Waals surface area contributed by atoms with Gasteiger partial charge in [0.15, 0.2) is 5.78 Å². The second kappa shape index (κ2) is 7.52. The van der Waals surface area contributed by atoms with Gasteiger partial charge in [0.05, 0.1) is 18.1 Å². The summed E-state index contributed by atoms with van der Waals surface area (Å²) < 4.78 is 2.07. The Morgan fingerprint density at radius 3 is 2.32 bits per heavy atom. The molecule has 0 saturated carbocycles. The largest absolute Gasteiger partial charge is 0.333 e. The Morgan fingerprint density at radius 1 is 1.12 bits per heavy atom. The van der Waals surface area contributed by atoms with Gasteiger partial charge in [0.1, 0.15) is 0 Å². The molecular formula is C21H31N3O. The van der Waals surface area contributed by atoms with Crippen LogP contribution in [0.5, 0.6) is 0 Å². The lowest BCUT2D eigenvalue weighted by molar-refractivity contribution is -0.128. The third kappa shape index (κ3) is 6.13. The number of carbonyl (C=O) groups excluding carboxylic acids is 1. The van der Waals surface area contributed by atoms with Crippen LogP contribution < -0.4 is 5.32 Å². The van der Waals surface area contributed by atoms with Crippen molar-refractivity contribution in [2.75, 3.05) is 0 Å². The Morgan fingerprint density at radius 2 is 1.76 bits per heavy atom. The Labute approximate surface area is 151 Å². The number of nitrogens with zero attached hydrogens (tertiary/aromatic N) is 2. The molecule has 0 saturated heterocycles. The molecule has 0 radical (unpaired) electrons. The molecule has 1 heterocycles. The maximum atomic E-state index is 12.8. The summed E-state index contributed by atoms with van der Waals surface area (Å²) in [6, 6.07) is 10.1. The zero-order valence-corrected chi connectivity index (χ0v) is 16.3. The number of aromatic nitrogens is 2. The number of rotatable bonds is 6. The summed E-state index contributed by atoms with van der Waals surface area (Å²) in [5, 5.41) is 3.47. The fraction of sp³-hybridized carbons (Fsp3) is 0.524. The number of hydrogen-bond acceptors (Lipinski definition) is 3. The molecule has 1 aromatic carbocycles. The number of nitrogens with one attached hydrogen (secondary N) is 1. The molecule has 0 aliphatic rings. The molecule has 1 unspecified atom stereocenters. The highest BCUT2D eigenvalue weighted by Gasteiger charge is 2.32. The maximum Gasteiger partial charge on any atom is 0.155 e. The molecule has 2 aromatic rings. The number of Topliss-reactive ketones (excluding diaryl/α,β-unsaturated/α-hetero) is 1. The fourth-order valence-electron chi connectivity index (χ4n) is 2.86. The molecule has 4 nitrogen and oxygen atoms in total. The molecule has 1 atom stereocenters. The predicted molar refractivity (Wildman–Crippen MR) is 103 cm³/mol. The van der Waals surface area contributed by atoms with Gasteiger partial charge in [0.2, 0.25) is 0 Å². The van der Waals surface area contributed by atoms with Crippen LogP contribution in [-0.4, -0.2) is 26.9 Å². The SMILES string of the molecule is CC(C)(C)NC(Cc1cn(Cc2ccccc2)cn1)C(=O)C(C)(C)C. The topological polar surface area (TPSA) is 46.9 Å². The van der Waals surface area contributed by atoms with E-state index >= 15 is 0 Å². The second-order valence-electron chi connectivity index (χ2n) is 8.79. The Kier molecular flexibility index (Phi) is 5.83. The van der Waals surface area contributed by atoms with E-state index in [0.717, 1.165) is 12.2 Å². The predicted octanol–water partition coefficient (Wildman–Crippen LogP) is 3.85. The first-order valence-electron chi connectivity index (χ1n) is 8.91. The van der Waals surface area contributed by atoms with Crippen LogP contribution in [0.25, 0.3) is 0 Å². The molecule has 2 rings (SSSR count). The monoisotopic (exact) mass is 341 g/mol. The van der Waals surface area contributed by atoms with Crippen LogP contribution >= 0.6 is 0 Å². The van der Waals surface area contributed by atoms with Crippen molar-refractivity contribution in [1.82, 2.24) is 14.9 Å². The smallest absolute Gasteiger partial charge is 0.155 e. The lowest BCUT2D eigenvalue weighted by Gasteiger charge is -2.31. The Balaban J connectivity index is 2.12. The summed E-state index contributed by atoms with van der Waals surface area (Å²) in [5.74, 6) is 0.222. The molecule has 25 heavy (non-hydrogen) atoms. The lowest BCUT2D eigenvalue weighted by atomic mass is 9.84. The number of hydrogen-bond donors (Lipinski definition) is 1. The highest BCUT2D eigenvalue weighted by Crippen LogP contribution is 2.20. The molecular weight excluding hydrogens is 310 g/mol. The quantitative estimate of drug-likeness (QED) is 0.868. The fourth-order valence-corrected chi connectivity index (χ4v) is 2.86. The molecule has 0 fully saturated rings. The van der Waals surface area contributed by atoms with Gasteiger partial charge in [-0.05, 0) is 26.3 Å². The van der Waals surface area contributed by atoms with Gasteiger partial charge in [0.25, 0.3) is 0 Å². The van der Waals surface area contributed by atoms with Gasteiger partial charge in [-0.3, -0.25) is 4.79 Å². The van der Waals surface area contributed by atoms with Crippen molar-refractivity contribution < 1.29 is 4.79 Å². The molecule has 0 amide bonds. The van der Waals surface area contributed by atoms with Crippen molar-refractivity contribution in [3.63, 3.8) is 0 Å². The van der Waals surface area contributed by atoms with Gasteiger partial charge in [-0.25, -0.2) is 4.98 Å². The first-order valence-corrected chi connectivity index (χ1v) is 8.91. The summed E-state index contributed by atoms with van der Waals surface area (Å²) in [7, 11) is 0. The van der Waals surface area contributed by atoms with Crippen LogP contribution in [0.3, 0.4) is 0 Å². The van der Waals surface area contributed by atoms with Gasteiger partial charge in [0, 0.05) is 30.1 Å². The van der Waals surface area contributed by atoms with Crippen LogP contribution in [0.1, 0.15) is 52.8 Å². The molecule has 1 N–H and O–H groups in total. The zero-order chi connectivity index (χ0) is 18.7. The number of carbonyl (C=O) groups is 1. The summed E-state index contributed by atoms with van der Waals surface area (Å²) in [6.45, 7) is 13.0. The van der Waals surface area contributed by atoms with Crippen LogP contribution in [0, 0.1) is 5.41 Å². The van der Waals surface area contributed by atoms with E-state index in [-0.39, 0.29) is 22.8 Å². The van der Waals surface area contributed by atoms with Crippen molar-refractivity contribution in [2.24, 2.45) is 5.41 Å². The molecule has 0 aliphatic carbocycles. The van der Waals surface area contributed by atoms with Gasteiger partial charge < -0.3 is 9.88 Å². The third-order valence-corrected chi connectivity index (χ3v) is 3.97. The average Bonchev–Trinajstić information content (AvgIpc) is 2.91. The first-order chi connectivity index (χ1) is 11.5. The van der Waals surface area contributed by atoms with E-state index in [1.54, 1.807) is 0 Å². The zero-order valence-electron chi connectivity index (χ0n) is 16.3. The summed E-state index contributed by atoms with van der Waals surface area (Å²) in [5.41, 5.74) is 1.67. The van der Waals surface area contributed by atoms with Gasteiger partial charge in [-0.15, -0.1) is 0 Å². The lowest BCUT2D eigenvalue weighted by Crippen LogP contribution is -2.51. The van der Waals surface area contributed by atoms with Gasteiger partial charge in [-0.2, -0.15) is 0 Å². The Hall–Kier alpha value is -1.94. The minimum Gasteiger partial charge on any atom is -0.333 e. The van der Waals surface area contributed by atoms with E-state index in [1.165, 1.54) is 5.56 Å². The van der Waals surface area contributed by atoms with Crippen molar-refractivity contribution in [3.05, 3.63) is 54.1 Å². The molecule has 0 bridgehead atoms. The number of ketones is 1. The maximum absolute atomic E-state index is 12.8. The summed E-state index contributed by atoms with van der Waals surface area (Å²) in [6.07, 6.45) is 4.49. The van der Waals surface area contributed by atoms with Crippen LogP contribution in [-0.2, 0) is 17.8 Å². The molecule has 136 valence electrons. The third-order valence-electron chi connectivity index (χ3n) is 3.97. The highest BCUT2D eigenvalue weighted by atomic mass is 16.1. The first kappa shape index (κ1) is 19.4. The van der Waals surface area contributed by atoms with E-state index in [2.05, 4.69) is 47.8 Å². The average molecular weight is 341 g/mol.